The van der Waals surface area contributed by atoms with E-state index in [4.69, 9.17) is 12.2 Å². The van der Waals surface area contributed by atoms with Crippen molar-refractivity contribution < 1.29 is 0 Å². The molecule has 110 valence electrons. The number of aromatic amines is 2. The number of likely N-dealkylation sites (N-methyl/N-ethyl adjacent to an activating group) is 1. The minimum Gasteiger partial charge on any atom is -0.309 e. The summed E-state index contributed by atoms with van der Waals surface area (Å²) in [7, 11) is 2.11. The molecular formula is C14H17N5OS. The number of nitrogens with one attached hydrogen (secondary N) is 2. The second-order valence-electron chi connectivity index (χ2n) is 5.94. The van der Waals surface area contributed by atoms with E-state index < -0.39 is 0 Å². The van der Waals surface area contributed by atoms with Crippen molar-refractivity contribution >= 4 is 12.2 Å². The number of nitrogens with zero attached hydrogens (tertiary/aromatic N) is 3. The molecule has 1 fully saturated rings. The maximum atomic E-state index is 12.9. The second-order valence-corrected chi connectivity index (χ2v) is 6.33. The van der Waals surface area contributed by atoms with Crippen LogP contribution in [0.15, 0.2) is 10.9 Å². The van der Waals surface area contributed by atoms with E-state index in [1.807, 2.05) is 10.6 Å². The molecule has 6 nitrogen and oxygen atoms in total. The van der Waals surface area contributed by atoms with Crippen LogP contribution in [0.4, 0.5) is 0 Å². The molecule has 7 heteroatoms. The summed E-state index contributed by atoms with van der Waals surface area (Å²) in [5, 5.41) is 5.67. The van der Waals surface area contributed by atoms with Gasteiger partial charge in [-0.2, -0.15) is 4.98 Å². The Balaban J connectivity index is 1.96. The van der Waals surface area contributed by atoms with Crippen LogP contribution < -0.4 is 5.56 Å². The maximum absolute atomic E-state index is 12.9. The number of pyridine rings is 1. The third kappa shape index (κ3) is 2.16. The van der Waals surface area contributed by atoms with Crippen LogP contribution >= 0.6 is 12.2 Å². The first-order valence-electron chi connectivity index (χ1n) is 7.24. The number of fused-ring (bicyclic) bond motifs is 1. The molecule has 1 aliphatic carbocycles. The topological polar surface area (TPSA) is 69.7 Å². The molecule has 4 rings (SSSR count). The van der Waals surface area contributed by atoms with Crippen molar-refractivity contribution in [2.45, 2.75) is 31.8 Å². The molecule has 3 heterocycles. The van der Waals surface area contributed by atoms with Gasteiger partial charge < -0.3 is 9.47 Å². The summed E-state index contributed by atoms with van der Waals surface area (Å²) in [5.41, 5.74) is 3.10. The fourth-order valence-electron chi connectivity index (χ4n) is 3.10. The van der Waals surface area contributed by atoms with Crippen molar-refractivity contribution in [3.63, 3.8) is 0 Å². The highest BCUT2D eigenvalue weighted by Gasteiger charge is 2.31. The lowest BCUT2D eigenvalue weighted by Gasteiger charge is -2.28. The Hall–Kier alpha value is -1.73. The van der Waals surface area contributed by atoms with Crippen molar-refractivity contribution in [2.75, 3.05) is 13.6 Å². The van der Waals surface area contributed by atoms with Gasteiger partial charge in [0.25, 0.3) is 5.56 Å². The number of H-pyrrole nitrogens is 2. The van der Waals surface area contributed by atoms with Gasteiger partial charge in [0.1, 0.15) is 0 Å². The van der Waals surface area contributed by atoms with Gasteiger partial charge in [0.15, 0.2) is 5.82 Å². The predicted octanol–water partition coefficient (Wildman–Crippen LogP) is 1.62. The second kappa shape index (κ2) is 4.64. The first-order chi connectivity index (χ1) is 10.1. The van der Waals surface area contributed by atoms with E-state index in [2.05, 4.69) is 27.1 Å². The number of rotatable bonds is 2. The van der Waals surface area contributed by atoms with E-state index in [1.165, 1.54) is 11.3 Å². The van der Waals surface area contributed by atoms with Crippen LogP contribution in [0.2, 0.25) is 0 Å². The Labute approximate surface area is 126 Å². The molecular weight excluding hydrogens is 286 g/mol. The van der Waals surface area contributed by atoms with Gasteiger partial charge in [-0.15, -0.1) is 0 Å². The standard InChI is InChI=1S/C14H17N5OS/c1-18-5-4-11-8(7-18)6-10(12-15-14(21)17-16-12)13(20)19(11)9-2-3-9/h6,9H,2-5,7H2,1H3,(H2,15,16,17,21). The molecule has 2 aromatic rings. The fraction of sp³-hybridized carbons (Fsp3) is 0.500. The first kappa shape index (κ1) is 13.0. The first-order valence-corrected chi connectivity index (χ1v) is 7.65. The molecule has 1 saturated carbocycles. The minimum atomic E-state index is 0.0542. The lowest BCUT2D eigenvalue weighted by molar-refractivity contribution is 0.304. The normalized spacial score (nSPS) is 18.7. The van der Waals surface area contributed by atoms with Crippen LogP contribution in [-0.4, -0.2) is 38.2 Å². The van der Waals surface area contributed by atoms with Crippen LogP contribution in [0.5, 0.6) is 0 Å². The van der Waals surface area contributed by atoms with Crippen LogP contribution in [0.3, 0.4) is 0 Å². The van der Waals surface area contributed by atoms with E-state index in [0.717, 1.165) is 32.4 Å². The average Bonchev–Trinajstić information content (AvgIpc) is 3.20. The Morgan fingerprint density at radius 3 is 2.86 bits per heavy atom. The largest absolute Gasteiger partial charge is 0.309 e. The lowest BCUT2D eigenvalue weighted by Crippen LogP contribution is -2.34. The zero-order valence-corrected chi connectivity index (χ0v) is 12.7. The van der Waals surface area contributed by atoms with E-state index in [-0.39, 0.29) is 5.56 Å². The van der Waals surface area contributed by atoms with E-state index in [9.17, 15) is 4.79 Å². The Morgan fingerprint density at radius 2 is 2.19 bits per heavy atom. The summed E-state index contributed by atoms with van der Waals surface area (Å²) in [6, 6.07) is 2.35. The minimum absolute atomic E-state index is 0.0542. The number of hydrogen-bond acceptors (Lipinski definition) is 4. The molecule has 0 aromatic carbocycles. The van der Waals surface area contributed by atoms with Gasteiger partial charge in [-0.1, -0.05) is 0 Å². The van der Waals surface area contributed by atoms with Crippen LogP contribution in [-0.2, 0) is 13.0 Å². The third-order valence-electron chi connectivity index (χ3n) is 4.27. The molecule has 0 radical (unpaired) electrons. The summed E-state index contributed by atoms with van der Waals surface area (Å²) >= 11 is 5.00. The average molecular weight is 303 g/mol. The highest BCUT2D eigenvalue weighted by atomic mass is 32.1. The summed E-state index contributed by atoms with van der Waals surface area (Å²) < 4.78 is 2.38. The van der Waals surface area contributed by atoms with E-state index in [1.54, 1.807) is 0 Å². The molecule has 2 N–H and O–H groups in total. The third-order valence-corrected chi connectivity index (χ3v) is 4.46. The van der Waals surface area contributed by atoms with Crippen molar-refractivity contribution in [3.8, 4) is 11.4 Å². The molecule has 0 amide bonds. The van der Waals surface area contributed by atoms with Gasteiger partial charge in [-0.3, -0.25) is 15.0 Å². The molecule has 0 spiro atoms. The predicted molar refractivity (Wildman–Crippen MR) is 81.8 cm³/mol. The smallest absolute Gasteiger partial charge is 0.262 e. The number of aromatic nitrogens is 4. The highest BCUT2D eigenvalue weighted by Crippen LogP contribution is 2.36. The Morgan fingerprint density at radius 1 is 1.38 bits per heavy atom. The lowest BCUT2D eigenvalue weighted by atomic mass is 10.0. The van der Waals surface area contributed by atoms with Gasteiger partial charge in [0.2, 0.25) is 4.77 Å². The zero-order valence-electron chi connectivity index (χ0n) is 11.8. The van der Waals surface area contributed by atoms with Gasteiger partial charge in [0, 0.05) is 31.2 Å². The molecule has 0 unspecified atom stereocenters. The van der Waals surface area contributed by atoms with E-state index >= 15 is 0 Å². The summed E-state index contributed by atoms with van der Waals surface area (Å²) in [4.78, 5) is 19.3. The zero-order chi connectivity index (χ0) is 14.6. The van der Waals surface area contributed by atoms with Gasteiger partial charge in [0.05, 0.1) is 5.56 Å². The molecule has 2 aliphatic rings. The summed E-state index contributed by atoms with van der Waals surface area (Å²) in [5.74, 6) is 0.537. The van der Waals surface area contributed by atoms with Crippen molar-refractivity contribution in [1.29, 1.82) is 0 Å². The maximum Gasteiger partial charge on any atom is 0.262 e. The summed E-state index contributed by atoms with van der Waals surface area (Å²) in [6.45, 7) is 1.88. The molecule has 0 saturated heterocycles. The SMILES string of the molecule is CN1CCc2c(cc(-c3nc(=S)[nH][nH]3)c(=O)n2C2CC2)C1. The fourth-order valence-corrected chi connectivity index (χ4v) is 3.24. The van der Waals surface area contributed by atoms with E-state index in [0.29, 0.717) is 22.2 Å². The molecule has 0 atom stereocenters. The van der Waals surface area contributed by atoms with Crippen LogP contribution in [0.1, 0.15) is 30.1 Å². The molecule has 0 bridgehead atoms. The molecule has 2 aromatic heterocycles. The Kier molecular flexibility index (Phi) is 2.87. The highest BCUT2D eigenvalue weighted by molar-refractivity contribution is 7.71. The Bertz CT molecular complexity index is 814. The van der Waals surface area contributed by atoms with Crippen LogP contribution in [0, 0.1) is 4.77 Å². The van der Waals surface area contributed by atoms with Gasteiger partial charge in [-0.25, -0.2) is 0 Å². The van der Waals surface area contributed by atoms with Crippen molar-refractivity contribution in [2.24, 2.45) is 0 Å². The molecule has 1 aliphatic heterocycles. The monoisotopic (exact) mass is 303 g/mol. The quantitative estimate of drug-likeness (QED) is 0.827. The van der Waals surface area contributed by atoms with Gasteiger partial charge in [-0.05, 0) is 43.7 Å². The molecule has 21 heavy (non-hydrogen) atoms. The summed E-state index contributed by atoms with van der Waals surface area (Å²) in [6.07, 6.45) is 3.14. The van der Waals surface area contributed by atoms with Crippen molar-refractivity contribution in [1.82, 2.24) is 24.6 Å². The van der Waals surface area contributed by atoms with Crippen LogP contribution in [0.25, 0.3) is 11.4 Å². The van der Waals surface area contributed by atoms with Crippen molar-refractivity contribution in [3.05, 3.63) is 32.4 Å². The van der Waals surface area contributed by atoms with Gasteiger partial charge >= 0.3 is 0 Å². The number of hydrogen-bond donors (Lipinski definition) is 2.